The Bertz CT molecular complexity index is 953. The maximum absolute atomic E-state index is 5.40. The summed E-state index contributed by atoms with van der Waals surface area (Å²) in [4.78, 5) is 4.22. The van der Waals surface area contributed by atoms with E-state index >= 15 is 0 Å². The predicted molar refractivity (Wildman–Crippen MR) is 85.6 cm³/mol. The first-order valence-corrected chi connectivity index (χ1v) is 9.70. The lowest BCUT2D eigenvalue weighted by atomic mass is 10.2. The van der Waals surface area contributed by atoms with Crippen molar-refractivity contribution in [1.82, 2.24) is 39.5 Å². The van der Waals surface area contributed by atoms with Gasteiger partial charge in [0, 0.05) is 5.38 Å². The summed E-state index contributed by atoms with van der Waals surface area (Å²) >= 11 is 2.40. The molecule has 0 saturated carbocycles. The van der Waals surface area contributed by atoms with Crippen molar-refractivity contribution >= 4 is 44.9 Å². The highest BCUT2D eigenvalue weighted by Crippen LogP contribution is 2.66. The molecule has 124 valence electrons. The van der Waals surface area contributed by atoms with Gasteiger partial charge >= 0.3 is 5.22 Å². The van der Waals surface area contributed by atoms with Gasteiger partial charge in [-0.05, 0) is 28.2 Å². The molecular weight excluding hydrogens is 388 g/mol. The first-order chi connectivity index (χ1) is 12.4. The number of hydrogen-bond acceptors (Lipinski definition) is 14. The second-order valence-electron chi connectivity index (χ2n) is 4.42. The average molecular weight is 392 g/mol. The van der Waals surface area contributed by atoms with Gasteiger partial charge < -0.3 is 4.42 Å². The second-order valence-corrected chi connectivity index (χ2v) is 7.87. The van der Waals surface area contributed by atoms with Crippen molar-refractivity contribution in [3.05, 3.63) is 35.0 Å². The van der Waals surface area contributed by atoms with Crippen LogP contribution < -0.4 is 0 Å². The van der Waals surface area contributed by atoms with Gasteiger partial charge in [-0.2, -0.15) is 13.2 Å². The van der Waals surface area contributed by atoms with Crippen LogP contribution in [-0.4, -0.2) is 50.9 Å². The first kappa shape index (κ1) is 14.4. The van der Waals surface area contributed by atoms with Gasteiger partial charge in [0.05, 0.1) is 10.4 Å². The Balaban J connectivity index is 1.80. The van der Waals surface area contributed by atoms with Crippen molar-refractivity contribution in [2.24, 2.45) is 8.80 Å². The molecule has 0 radical (unpaired) electrons. The maximum Gasteiger partial charge on any atom is 0.303 e. The molecule has 5 rings (SSSR count). The highest BCUT2D eigenvalue weighted by atomic mass is 32.3. The van der Waals surface area contributed by atoms with Crippen LogP contribution in [0.3, 0.4) is 0 Å². The van der Waals surface area contributed by atoms with Crippen LogP contribution in [0.25, 0.3) is 0 Å². The van der Waals surface area contributed by atoms with E-state index in [-0.39, 0.29) is 5.22 Å². The zero-order valence-electron chi connectivity index (χ0n) is 11.8. The summed E-state index contributed by atoms with van der Waals surface area (Å²) in [6.07, 6.45) is 2.62. The SMILES string of the molecule is c1nnc(S2(c3cnon3)N=C(c3csnn3)C(c3ncsn3)=N2)o1. The Morgan fingerprint density at radius 1 is 1.08 bits per heavy atom. The standard InChI is InChI=1S/C10H4N10O2S3/c1-6(16-22-13-1)25(10-15-12-3-21-10)18-7(5-2-23-20-14-5)8(19-25)9-11-4-24-17-9/h1-4H. The van der Waals surface area contributed by atoms with Crippen LogP contribution in [0.5, 0.6) is 0 Å². The van der Waals surface area contributed by atoms with Crippen LogP contribution in [0.15, 0.2) is 51.6 Å². The molecule has 0 amide bonds. The summed E-state index contributed by atoms with van der Waals surface area (Å²) in [6, 6.07) is 0. The van der Waals surface area contributed by atoms with Gasteiger partial charge in [-0.3, -0.25) is 0 Å². The lowest BCUT2D eigenvalue weighted by Crippen LogP contribution is -2.15. The zero-order valence-corrected chi connectivity index (χ0v) is 14.3. The zero-order chi connectivity index (χ0) is 16.7. The van der Waals surface area contributed by atoms with Gasteiger partial charge in [-0.1, -0.05) is 14.7 Å². The van der Waals surface area contributed by atoms with Crippen LogP contribution in [-0.2, 0) is 0 Å². The quantitative estimate of drug-likeness (QED) is 0.494. The van der Waals surface area contributed by atoms with Crippen LogP contribution in [0.4, 0.5) is 0 Å². The summed E-state index contributed by atoms with van der Waals surface area (Å²) in [7, 11) is -2.55. The average Bonchev–Trinajstić information content (AvgIpc) is 3.49. The van der Waals surface area contributed by atoms with Crippen molar-refractivity contribution in [3.8, 4) is 0 Å². The van der Waals surface area contributed by atoms with Crippen molar-refractivity contribution in [2.45, 2.75) is 10.2 Å². The molecule has 0 saturated heterocycles. The third kappa shape index (κ3) is 2.20. The molecule has 1 aliphatic rings. The summed E-state index contributed by atoms with van der Waals surface area (Å²) in [5.41, 5.74) is 3.08. The minimum absolute atomic E-state index is 0.189. The molecule has 12 nitrogen and oxygen atoms in total. The molecule has 1 unspecified atom stereocenters. The van der Waals surface area contributed by atoms with E-state index in [1.54, 1.807) is 10.9 Å². The molecule has 0 aromatic carbocycles. The predicted octanol–water partition coefficient (Wildman–Crippen LogP) is 1.20. The number of rotatable bonds is 4. The van der Waals surface area contributed by atoms with E-state index in [0.29, 0.717) is 28.0 Å². The van der Waals surface area contributed by atoms with E-state index < -0.39 is 10.4 Å². The van der Waals surface area contributed by atoms with Crippen LogP contribution in [0.1, 0.15) is 11.5 Å². The van der Waals surface area contributed by atoms with Gasteiger partial charge in [-0.15, -0.1) is 10.2 Å². The molecule has 0 fully saturated rings. The van der Waals surface area contributed by atoms with Crippen molar-refractivity contribution in [2.75, 3.05) is 0 Å². The summed E-state index contributed by atoms with van der Waals surface area (Å²) in [5, 5.41) is 21.6. The van der Waals surface area contributed by atoms with E-state index in [1.165, 1.54) is 35.7 Å². The second kappa shape index (κ2) is 5.57. The normalized spacial score (nSPS) is 22.4. The maximum atomic E-state index is 5.40. The fraction of sp³-hybridized carbons (Fsp3) is 0. The summed E-state index contributed by atoms with van der Waals surface area (Å²) in [6.45, 7) is 0. The van der Waals surface area contributed by atoms with Crippen molar-refractivity contribution < 1.29 is 9.05 Å². The van der Waals surface area contributed by atoms with Crippen LogP contribution in [0, 0.1) is 0 Å². The number of aromatic nitrogens is 8. The molecule has 1 atom stereocenters. The molecule has 15 heteroatoms. The molecule has 0 spiro atoms. The molecule has 5 heterocycles. The number of hydrogen-bond donors (Lipinski definition) is 0. The molecular formula is C10H4N10O2S3. The lowest BCUT2D eigenvalue weighted by molar-refractivity contribution is 0.298. The third-order valence-corrected chi connectivity index (χ3v) is 6.37. The first-order valence-electron chi connectivity index (χ1n) is 6.48. The Labute approximate surface area is 147 Å². The molecule has 0 N–H and O–H groups in total. The Kier molecular flexibility index (Phi) is 3.22. The Morgan fingerprint density at radius 3 is 2.72 bits per heavy atom. The molecule has 0 bridgehead atoms. The van der Waals surface area contributed by atoms with Crippen LogP contribution >= 0.6 is 33.5 Å². The van der Waals surface area contributed by atoms with Gasteiger partial charge in [0.2, 0.25) is 6.39 Å². The Morgan fingerprint density at radius 2 is 2.04 bits per heavy atom. The van der Waals surface area contributed by atoms with Gasteiger partial charge in [0.1, 0.15) is 28.8 Å². The fourth-order valence-corrected chi connectivity index (χ4v) is 5.03. The Hall–Kier alpha value is -2.91. The smallest absolute Gasteiger partial charge is 0.303 e. The number of nitrogens with zero attached hydrogens (tertiary/aromatic N) is 10. The fourth-order valence-electron chi connectivity index (χ4n) is 2.06. The van der Waals surface area contributed by atoms with Gasteiger partial charge in [0.15, 0.2) is 10.9 Å². The van der Waals surface area contributed by atoms with E-state index in [9.17, 15) is 0 Å². The van der Waals surface area contributed by atoms with Crippen molar-refractivity contribution in [1.29, 1.82) is 0 Å². The van der Waals surface area contributed by atoms with Gasteiger partial charge in [-0.25, -0.2) is 9.61 Å². The van der Waals surface area contributed by atoms with E-state index in [0.717, 1.165) is 0 Å². The molecule has 0 aliphatic carbocycles. The minimum Gasteiger partial charge on any atom is -0.417 e. The minimum atomic E-state index is -2.55. The molecule has 4 aromatic rings. The monoisotopic (exact) mass is 392 g/mol. The van der Waals surface area contributed by atoms with Crippen molar-refractivity contribution in [3.63, 3.8) is 0 Å². The summed E-state index contributed by atoms with van der Waals surface area (Å²) < 4.78 is 27.8. The molecule has 4 aromatic heterocycles. The van der Waals surface area contributed by atoms with E-state index in [1.807, 2.05) is 0 Å². The molecule has 1 aliphatic heterocycles. The van der Waals surface area contributed by atoms with Gasteiger partial charge in [0.25, 0.3) is 0 Å². The summed E-state index contributed by atoms with van der Waals surface area (Å²) in [5.74, 6) is 0.419. The topological polar surface area (TPSA) is 154 Å². The lowest BCUT2D eigenvalue weighted by Gasteiger charge is -2.19. The largest absolute Gasteiger partial charge is 0.417 e. The molecule has 25 heavy (non-hydrogen) atoms. The van der Waals surface area contributed by atoms with E-state index in [4.69, 9.17) is 17.8 Å². The highest BCUT2D eigenvalue weighted by Gasteiger charge is 2.44. The van der Waals surface area contributed by atoms with E-state index in [2.05, 4.69) is 39.5 Å². The highest BCUT2D eigenvalue weighted by molar-refractivity contribution is 8.32. The van der Waals surface area contributed by atoms with Crippen LogP contribution in [0.2, 0.25) is 0 Å². The third-order valence-electron chi connectivity index (χ3n) is 3.06.